The Hall–Kier alpha value is -4.26. The number of benzene rings is 3. The summed E-state index contributed by atoms with van der Waals surface area (Å²) in [6, 6.07) is 21.1. The molecule has 1 heterocycles. The maximum atomic E-state index is 13.3. The third kappa shape index (κ3) is 5.45. The summed E-state index contributed by atoms with van der Waals surface area (Å²) < 4.78 is 16.7. The molecule has 3 aromatic carbocycles. The van der Waals surface area contributed by atoms with E-state index in [4.69, 9.17) is 14.2 Å². The Morgan fingerprint density at radius 1 is 0.892 bits per heavy atom. The highest BCUT2D eigenvalue weighted by atomic mass is 16.5. The molecule has 0 aliphatic carbocycles. The summed E-state index contributed by atoms with van der Waals surface area (Å²) in [4.78, 5) is 28.1. The second-order valence-electron chi connectivity index (χ2n) is 8.53. The number of aliphatic hydroxyl groups excluding tert-OH is 1. The number of aliphatic hydroxyl groups is 1. The molecule has 3 aromatic rings. The molecular weight excluding hydrogens is 470 g/mol. The van der Waals surface area contributed by atoms with E-state index in [-0.39, 0.29) is 11.3 Å². The Labute approximate surface area is 216 Å². The number of carbonyl (C=O) groups is 2. The van der Waals surface area contributed by atoms with Crippen LogP contribution in [-0.2, 0) is 16.0 Å². The minimum Gasteiger partial charge on any atom is -0.507 e. The minimum absolute atomic E-state index is 0.0356. The smallest absolute Gasteiger partial charge is 0.295 e. The fourth-order valence-electron chi connectivity index (χ4n) is 4.51. The van der Waals surface area contributed by atoms with Crippen LogP contribution in [0.15, 0.2) is 78.4 Å². The van der Waals surface area contributed by atoms with Gasteiger partial charge in [0, 0.05) is 12.1 Å². The topological polar surface area (TPSA) is 85.3 Å². The summed E-state index contributed by atoms with van der Waals surface area (Å²) in [6.07, 6.45) is 0.557. The van der Waals surface area contributed by atoms with Gasteiger partial charge in [0.1, 0.15) is 11.5 Å². The quantitative estimate of drug-likeness (QED) is 0.235. The lowest BCUT2D eigenvalue weighted by Crippen LogP contribution is -2.31. The molecule has 1 fully saturated rings. The van der Waals surface area contributed by atoms with Crippen molar-refractivity contribution in [2.24, 2.45) is 0 Å². The van der Waals surface area contributed by atoms with E-state index in [0.29, 0.717) is 54.6 Å². The van der Waals surface area contributed by atoms with Crippen LogP contribution in [0, 0.1) is 0 Å². The summed E-state index contributed by atoms with van der Waals surface area (Å²) >= 11 is 0. The first-order chi connectivity index (χ1) is 18.0. The molecule has 7 heteroatoms. The molecule has 1 unspecified atom stereocenters. The second-order valence-corrected chi connectivity index (χ2v) is 8.53. The van der Waals surface area contributed by atoms with Crippen molar-refractivity contribution >= 4 is 17.4 Å². The zero-order chi connectivity index (χ0) is 26.4. The number of rotatable bonds is 10. The standard InChI is InChI=1S/C30H31NO6/c1-4-36-23-14-11-21(12-15-23)28(32)26-27(22-13-16-24(37-5-2)25(19-22)35-3)31(30(34)29(26)33)18-17-20-9-7-6-8-10-20/h6-16,19,27,32H,4-5,17-18H2,1-3H3/b28-26+. The van der Waals surface area contributed by atoms with Crippen LogP contribution in [0.1, 0.15) is 36.6 Å². The Morgan fingerprint density at radius 3 is 2.24 bits per heavy atom. The molecule has 192 valence electrons. The van der Waals surface area contributed by atoms with Gasteiger partial charge in [-0.05, 0) is 67.8 Å². The van der Waals surface area contributed by atoms with Crippen LogP contribution in [0.2, 0.25) is 0 Å². The lowest BCUT2D eigenvalue weighted by atomic mass is 9.94. The van der Waals surface area contributed by atoms with Crippen LogP contribution in [0.4, 0.5) is 0 Å². The molecule has 1 atom stereocenters. The molecule has 37 heavy (non-hydrogen) atoms. The highest BCUT2D eigenvalue weighted by Crippen LogP contribution is 2.42. The van der Waals surface area contributed by atoms with Gasteiger partial charge in [-0.15, -0.1) is 0 Å². The molecule has 4 rings (SSSR count). The summed E-state index contributed by atoms with van der Waals surface area (Å²) in [5, 5.41) is 11.3. The average Bonchev–Trinajstić information content (AvgIpc) is 3.18. The Kier molecular flexibility index (Phi) is 8.13. The molecule has 1 saturated heterocycles. The number of nitrogens with zero attached hydrogens (tertiary/aromatic N) is 1. The number of ketones is 1. The van der Waals surface area contributed by atoms with E-state index in [9.17, 15) is 14.7 Å². The number of ether oxygens (including phenoxy) is 3. The third-order valence-electron chi connectivity index (χ3n) is 6.27. The van der Waals surface area contributed by atoms with Crippen molar-refractivity contribution in [2.45, 2.75) is 26.3 Å². The van der Waals surface area contributed by atoms with Gasteiger partial charge in [0.15, 0.2) is 11.5 Å². The van der Waals surface area contributed by atoms with Crippen LogP contribution in [0.3, 0.4) is 0 Å². The highest BCUT2D eigenvalue weighted by molar-refractivity contribution is 6.46. The van der Waals surface area contributed by atoms with Crippen molar-refractivity contribution in [3.63, 3.8) is 0 Å². The predicted molar refractivity (Wildman–Crippen MR) is 141 cm³/mol. The van der Waals surface area contributed by atoms with Gasteiger partial charge in [0.25, 0.3) is 11.7 Å². The van der Waals surface area contributed by atoms with E-state index in [2.05, 4.69) is 0 Å². The number of hydrogen-bond donors (Lipinski definition) is 1. The lowest BCUT2D eigenvalue weighted by molar-refractivity contribution is -0.139. The zero-order valence-electron chi connectivity index (χ0n) is 21.3. The van der Waals surface area contributed by atoms with Crippen molar-refractivity contribution in [3.8, 4) is 17.2 Å². The zero-order valence-corrected chi connectivity index (χ0v) is 21.3. The number of Topliss-reactive ketones (excluding diaryl/α,β-unsaturated/α-hetero) is 1. The summed E-state index contributed by atoms with van der Waals surface area (Å²) in [5.41, 5.74) is 2.14. The number of amides is 1. The van der Waals surface area contributed by atoms with Gasteiger partial charge >= 0.3 is 0 Å². The van der Waals surface area contributed by atoms with Crippen LogP contribution < -0.4 is 14.2 Å². The highest BCUT2D eigenvalue weighted by Gasteiger charge is 2.46. The second kappa shape index (κ2) is 11.6. The third-order valence-corrected chi connectivity index (χ3v) is 6.27. The molecule has 0 spiro atoms. The normalized spacial score (nSPS) is 16.6. The average molecular weight is 502 g/mol. The van der Waals surface area contributed by atoms with E-state index in [0.717, 1.165) is 5.56 Å². The van der Waals surface area contributed by atoms with Gasteiger partial charge in [-0.25, -0.2) is 0 Å². The van der Waals surface area contributed by atoms with Crippen molar-refractivity contribution in [1.82, 2.24) is 4.90 Å². The van der Waals surface area contributed by atoms with E-state index >= 15 is 0 Å². The van der Waals surface area contributed by atoms with E-state index < -0.39 is 17.7 Å². The SMILES string of the molecule is CCOc1ccc(/C(O)=C2\C(=O)C(=O)N(CCc3ccccc3)C2c2ccc(OCC)c(OC)c2)cc1. The first-order valence-electron chi connectivity index (χ1n) is 12.3. The van der Waals surface area contributed by atoms with Crippen molar-refractivity contribution in [1.29, 1.82) is 0 Å². The molecule has 1 amide bonds. The largest absolute Gasteiger partial charge is 0.507 e. The fourth-order valence-corrected chi connectivity index (χ4v) is 4.51. The lowest BCUT2D eigenvalue weighted by Gasteiger charge is -2.26. The molecule has 0 bridgehead atoms. The minimum atomic E-state index is -0.792. The Balaban J connectivity index is 1.79. The van der Waals surface area contributed by atoms with Crippen molar-refractivity contribution < 1.29 is 28.9 Å². The number of likely N-dealkylation sites (tertiary alicyclic amines) is 1. The predicted octanol–water partition coefficient (Wildman–Crippen LogP) is 5.16. The van der Waals surface area contributed by atoms with Gasteiger partial charge in [-0.1, -0.05) is 36.4 Å². The van der Waals surface area contributed by atoms with Crippen LogP contribution in [-0.4, -0.2) is 48.6 Å². The van der Waals surface area contributed by atoms with Gasteiger partial charge in [-0.3, -0.25) is 9.59 Å². The van der Waals surface area contributed by atoms with Crippen LogP contribution in [0.5, 0.6) is 17.2 Å². The Morgan fingerprint density at radius 2 is 1.59 bits per heavy atom. The summed E-state index contributed by atoms with van der Waals surface area (Å²) in [7, 11) is 1.54. The molecule has 1 N–H and O–H groups in total. The van der Waals surface area contributed by atoms with Crippen molar-refractivity contribution in [2.75, 3.05) is 26.9 Å². The first kappa shape index (κ1) is 25.8. The molecule has 0 saturated carbocycles. The van der Waals surface area contributed by atoms with Gasteiger partial charge in [0.2, 0.25) is 0 Å². The number of hydrogen-bond acceptors (Lipinski definition) is 6. The Bertz CT molecular complexity index is 1280. The number of carbonyl (C=O) groups excluding carboxylic acids is 2. The number of methoxy groups -OCH3 is 1. The van der Waals surface area contributed by atoms with Crippen molar-refractivity contribution in [3.05, 3.63) is 95.1 Å². The van der Waals surface area contributed by atoms with Gasteiger partial charge in [-0.2, -0.15) is 0 Å². The van der Waals surface area contributed by atoms with E-state index in [1.165, 1.54) is 12.0 Å². The van der Waals surface area contributed by atoms with E-state index in [1.54, 1.807) is 42.5 Å². The molecule has 7 nitrogen and oxygen atoms in total. The molecule has 0 radical (unpaired) electrons. The van der Waals surface area contributed by atoms with Gasteiger partial charge in [0.05, 0.1) is 31.9 Å². The molecule has 1 aliphatic rings. The molecule has 1 aliphatic heterocycles. The molecule has 0 aromatic heterocycles. The maximum absolute atomic E-state index is 13.3. The monoisotopic (exact) mass is 501 g/mol. The molecular formula is C30H31NO6. The van der Waals surface area contributed by atoms with E-state index in [1.807, 2.05) is 44.2 Å². The van der Waals surface area contributed by atoms with Crippen LogP contribution in [0.25, 0.3) is 5.76 Å². The summed E-state index contributed by atoms with van der Waals surface area (Å²) in [6.45, 7) is 5.04. The maximum Gasteiger partial charge on any atom is 0.295 e. The fraction of sp³-hybridized carbons (Fsp3) is 0.267. The first-order valence-corrected chi connectivity index (χ1v) is 12.3. The van der Waals surface area contributed by atoms with Gasteiger partial charge < -0.3 is 24.2 Å². The van der Waals surface area contributed by atoms with Crippen LogP contribution >= 0.6 is 0 Å². The summed E-state index contributed by atoms with van der Waals surface area (Å²) in [5.74, 6) is 0.0748.